The molecule has 1 aliphatic carbocycles. The number of anilines is 1. The third-order valence-electron chi connectivity index (χ3n) is 6.33. The van der Waals surface area contributed by atoms with Gasteiger partial charge in [0.2, 0.25) is 5.95 Å². The van der Waals surface area contributed by atoms with Crippen molar-refractivity contribution >= 4 is 17.9 Å². The molecule has 2 aromatic rings. The highest BCUT2D eigenvalue weighted by molar-refractivity contribution is 7.96. The van der Waals surface area contributed by atoms with Crippen molar-refractivity contribution in [2.24, 2.45) is 5.92 Å². The fourth-order valence-electron chi connectivity index (χ4n) is 4.69. The molecule has 0 amide bonds. The summed E-state index contributed by atoms with van der Waals surface area (Å²) >= 11 is 1.71. The van der Waals surface area contributed by atoms with Crippen molar-refractivity contribution in [2.75, 3.05) is 30.9 Å². The van der Waals surface area contributed by atoms with E-state index in [4.69, 9.17) is 4.74 Å². The number of nitrogens with zero attached hydrogens (tertiary/aromatic N) is 3. The first-order valence-electron chi connectivity index (χ1n) is 10.8. The zero-order valence-electron chi connectivity index (χ0n) is 17.2. The summed E-state index contributed by atoms with van der Waals surface area (Å²) in [5, 5.41) is 0. The summed E-state index contributed by atoms with van der Waals surface area (Å²) in [7, 11) is 0. The number of aromatic nitrogens is 2. The van der Waals surface area contributed by atoms with Gasteiger partial charge in [0.15, 0.2) is 0 Å². The number of piperidine rings is 1. The molecular weight excluding hydrogens is 380 g/mol. The van der Waals surface area contributed by atoms with Gasteiger partial charge in [0, 0.05) is 37.4 Å². The highest BCUT2D eigenvalue weighted by Crippen LogP contribution is 2.34. The third-order valence-corrected chi connectivity index (χ3v) is 6.87. The number of nitrogens with one attached hydrogen (secondary N) is 1. The lowest BCUT2D eigenvalue weighted by molar-refractivity contribution is -0.00201. The fourth-order valence-corrected chi connectivity index (χ4v) is 5.30. The van der Waals surface area contributed by atoms with Crippen molar-refractivity contribution in [3.05, 3.63) is 54.4 Å². The molecule has 5 nitrogen and oxygen atoms in total. The summed E-state index contributed by atoms with van der Waals surface area (Å²) in [4.78, 5) is 11.2. The summed E-state index contributed by atoms with van der Waals surface area (Å²) in [6, 6.07) is 13.3. The van der Waals surface area contributed by atoms with Gasteiger partial charge >= 0.3 is 0 Å². The molecule has 156 valence electrons. The minimum absolute atomic E-state index is 0.397. The van der Waals surface area contributed by atoms with E-state index in [2.05, 4.69) is 56.2 Å². The maximum Gasteiger partial charge on any atom is 0.225 e. The molecule has 29 heavy (non-hydrogen) atoms. The average molecular weight is 413 g/mol. The molecule has 1 aliphatic heterocycles. The van der Waals surface area contributed by atoms with Crippen LogP contribution in [0.15, 0.2) is 48.8 Å². The molecule has 6 heteroatoms. The number of hydrogen-bond donors (Lipinski definition) is 1. The van der Waals surface area contributed by atoms with E-state index >= 15 is 0 Å². The lowest BCUT2D eigenvalue weighted by atomic mass is 9.82. The number of rotatable bonds is 7. The van der Waals surface area contributed by atoms with Gasteiger partial charge in [0.25, 0.3) is 0 Å². The number of benzene rings is 1. The van der Waals surface area contributed by atoms with Crippen molar-refractivity contribution in [1.29, 1.82) is 0 Å². The molecule has 4 rings (SSSR count). The quantitative estimate of drug-likeness (QED) is 0.685. The lowest BCUT2D eigenvalue weighted by Crippen LogP contribution is -2.50. The van der Waals surface area contributed by atoms with E-state index in [9.17, 15) is 0 Å². The highest BCUT2D eigenvalue weighted by atomic mass is 32.2. The fraction of sp³-hybridized carbons (Fsp3) is 0.565. The van der Waals surface area contributed by atoms with E-state index in [1.54, 1.807) is 11.9 Å². The standard InChI is InChI=1S/C23H32N4OS/c1-29-26-22-12-15-27(23-24-13-5-14-25-23)16-20(22)17-28-21-10-8-19(9-11-21)18-6-3-2-4-7-18/h2-7,13-14,19-22,26H,8-12,15-17H2,1H3/t19?,20-,21?,22?/m0/s1. The van der Waals surface area contributed by atoms with E-state index in [1.807, 2.05) is 18.5 Å². The normalized spacial score (nSPS) is 27.7. The smallest absolute Gasteiger partial charge is 0.225 e. The van der Waals surface area contributed by atoms with Crippen LogP contribution in [0.3, 0.4) is 0 Å². The maximum absolute atomic E-state index is 6.45. The van der Waals surface area contributed by atoms with E-state index < -0.39 is 0 Å². The van der Waals surface area contributed by atoms with E-state index in [0.717, 1.165) is 32.1 Å². The van der Waals surface area contributed by atoms with Crippen LogP contribution in [0.4, 0.5) is 5.95 Å². The molecule has 0 bridgehead atoms. The highest BCUT2D eigenvalue weighted by Gasteiger charge is 2.31. The minimum Gasteiger partial charge on any atom is -0.378 e. The topological polar surface area (TPSA) is 50.3 Å². The number of ether oxygens (including phenoxy) is 1. The Morgan fingerprint density at radius 3 is 2.52 bits per heavy atom. The van der Waals surface area contributed by atoms with Crippen LogP contribution in [0.1, 0.15) is 43.6 Å². The minimum atomic E-state index is 0.397. The van der Waals surface area contributed by atoms with Crippen molar-refractivity contribution in [3.8, 4) is 0 Å². The molecule has 1 unspecified atom stereocenters. The Morgan fingerprint density at radius 2 is 1.79 bits per heavy atom. The SMILES string of the molecule is CSNC1CCN(c2ncccn2)C[C@H]1COC1CCC(c2ccccc2)CC1. The van der Waals surface area contributed by atoms with Crippen LogP contribution >= 0.6 is 11.9 Å². The second-order valence-electron chi connectivity index (χ2n) is 8.19. The Bertz CT molecular complexity index is 724. The first-order chi connectivity index (χ1) is 14.3. The van der Waals surface area contributed by atoms with Gasteiger partial charge < -0.3 is 9.64 Å². The van der Waals surface area contributed by atoms with E-state index in [0.29, 0.717) is 24.0 Å². The summed E-state index contributed by atoms with van der Waals surface area (Å²) in [5.74, 6) is 1.98. The van der Waals surface area contributed by atoms with Crippen LogP contribution in [0.5, 0.6) is 0 Å². The average Bonchev–Trinajstić information content (AvgIpc) is 2.80. The molecule has 1 aromatic carbocycles. The van der Waals surface area contributed by atoms with Crippen LogP contribution in [-0.4, -0.2) is 48.1 Å². The Labute approximate surface area is 178 Å². The zero-order valence-corrected chi connectivity index (χ0v) is 18.1. The van der Waals surface area contributed by atoms with Gasteiger partial charge in [0.1, 0.15) is 0 Å². The predicted molar refractivity (Wildman–Crippen MR) is 120 cm³/mol. The molecule has 2 fully saturated rings. The monoisotopic (exact) mass is 412 g/mol. The largest absolute Gasteiger partial charge is 0.378 e. The maximum atomic E-state index is 6.45. The Hall–Kier alpha value is -1.63. The van der Waals surface area contributed by atoms with Crippen LogP contribution in [0.2, 0.25) is 0 Å². The summed E-state index contributed by atoms with van der Waals surface area (Å²) in [5.41, 5.74) is 1.49. The van der Waals surface area contributed by atoms with Crippen molar-refractivity contribution < 1.29 is 4.74 Å². The zero-order chi connectivity index (χ0) is 19.9. The number of hydrogen-bond acceptors (Lipinski definition) is 6. The Morgan fingerprint density at radius 1 is 1.03 bits per heavy atom. The molecule has 1 saturated heterocycles. The van der Waals surface area contributed by atoms with Crippen molar-refractivity contribution in [3.63, 3.8) is 0 Å². The van der Waals surface area contributed by atoms with Crippen molar-refractivity contribution in [2.45, 2.75) is 50.2 Å². The van der Waals surface area contributed by atoms with Crippen LogP contribution in [0.25, 0.3) is 0 Å². The molecule has 1 saturated carbocycles. The van der Waals surface area contributed by atoms with Gasteiger partial charge in [-0.05, 0) is 55.9 Å². The van der Waals surface area contributed by atoms with E-state index in [-0.39, 0.29) is 0 Å². The molecular formula is C23H32N4OS. The molecule has 2 heterocycles. The second-order valence-corrected chi connectivity index (χ2v) is 8.83. The van der Waals surface area contributed by atoms with Crippen LogP contribution in [0, 0.1) is 5.92 Å². The first-order valence-corrected chi connectivity index (χ1v) is 12.0. The molecule has 1 aromatic heterocycles. The van der Waals surface area contributed by atoms with Gasteiger partial charge in [-0.3, -0.25) is 4.72 Å². The van der Waals surface area contributed by atoms with Gasteiger partial charge in [0.05, 0.1) is 12.7 Å². The van der Waals surface area contributed by atoms with Gasteiger partial charge in [-0.1, -0.05) is 42.3 Å². The summed E-state index contributed by atoms with van der Waals surface area (Å²) < 4.78 is 10.0. The Kier molecular flexibility index (Phi) is 7.41. The van der Waals surface area contributed by atoms with E-state index in [1.165, 1.54) is 31.2 Å². The lowest BCUT2D eigenvalue weighted by Gasteiger charge is -2.39. The molecule has 2 aliphatic rings. The van der Waals surface area contributed by atoms with Gasteiger partial charge in [-0.2, -0.15) is 0 Å². The first kappa shape index (κ1) is 20.6. The predicted octanol–water partition coefficient (Wildman–Crippen LogP) is 4.28. The Balaban J connectivity index is 1.29. The molecule has 0 spiro atoms. The summed E-state index contributed by atoms with van der Waals surface area (Å²) in [6.07, 6.45) is 12.0. The molecule has 1 N–H and O–H groups in total. The van der Waals surface area contributed by atoms with Gasteiger partial charge in [-0.15, -0.1) is 0 Å². The third kappa shape index (κ3) is 5.50. The molecule has 0 radical (unpaired) electrons. The van der Waals surface area contributed by atoms with Crippen LogP contribution < -0.4 is 9.62 Å². The van der Waals surface area contributed by atoms with Gasteiger partial charge in [-0.25, -0.2) is 9.97 Å². The summed E-state index contributed by atoms with van der Waals surface area (Å²) in [6.45, 7) is 2.74. The van der Waals surface area contributed by atoms with Crippen molar-refractivity contribution in [1.82, 2.24) is 14.7 Å². The second kappa shape index (κ2) is 10.4. The van der Waals surface area contributed by atoms with Crippen LogP contribution in [-0.2, 0) is 4.74 Å². The molecule has 2 atom stereocenters.